The van der Waals surface area contributed by atoms with Gasteiger partial charge in [0.2, 0.25) is 0 Å². The van der Waals surface area contributed by atoms with Gasteiger partial charge in [0.1, 0.15) is 0 Å². The molecule has 0 saturated carbocycles. The Balaban J connectivity index is 2.90. The van der Waals surface area contributed by atoms with Gasteiger partial charge in [-0.1, -0.05) is 11.6 Å². The standard InChI is InChI=1S/C13H18ClN3O3/c1-4-20-13(19)11(15)12(18)16-9-7-8(14)5-6-10(9)17(2)3/h5-7,11H,4,15H2,1-3H3,(H,16,18). The first-order chi connectivity index (χ1) is 9.36. The molecule has 0 aliphatic rings. The number of ether oxygens (including phenoxy) is 1. The summed E-state index contributed by atoms with van der Waals surface area (Å²) in [6, 6.07) is 3.68. The molecule has 3 N–H and O–H groups in total. The van der Waals surface area contributed by atoms with E-state index in [9.17, 15) is 9.59 Å². The summed E-state index contributed by atoms with van der Waals surface area (Å²) >= 11 is 5.90. The Morgan fingerprint density at radius 1 is 1.45 bits per heavy atom. The number of carbonyl (C=O) groups excluding carboxylic acids is 2. The largest absolute Gasteiger partial charge is 0.464 e. The fraction of sp³-hybridized carbons (Fsp3) is 0.385. The van der Waals surface area contributed by atoms with Crippen molar-refractivity contribution in [2.24, 2.45) is 5.73 Å². The molecule has 6 nitrogen and oxygen atoms in total. The zero-order chi connectivity index (χ0) is 15.3. The molecule has 7 heteroatoms. The van der Waals surface area contributed by atoms with Crippen LogP contribution in [0.5, 0.6) is 0 Å². The SMILES string of the molecule is CCOC(=O)C(N)C(=O)Nc1cc(Cl)ccc1N(C)C. The molecule has 0 bridgehead atoms. The number of nitrogens with two attached hydrogens (primary N) is 1. The Bertz CT molecular complexity index is 506. The highest BCUT2D eigenvalue weighted by atomic mass is 35.5. The van der Waals surface area contributed by atoms with E-state index < -0.39 is 17.9 Å². The molecule has 0 aliphatic carbocycles. The van der Waals surface area contributed by atoms with Gasteiger partial charge < -0.3 is 20.7 Å². The second kappa shape index (κ2) is 7.12. The molecule has 1 atom stereocenters. The van der Waals surface area contributed by atoms with E-state index in [1.54, 1.807) is 25.1 Å². The van der Waals surface area contributed by atoms with Crippen LogP contribution in [0.1, 0.15) is 6.92 Å². The van der Waals surface area contributed by atoms with E-state index in [2.05, 4.69) is 5.32 Å². The highest BCUT2D eigenvalue weighted by molar-refractivity contribution is 6.31. The molecule has 0 heterocycles. The van der Waals surface area contributed by atoms with Gasteiger partial charge in [-0.2, -0.15) is 0 Å². The van der Waals surface area contributed by atoms with Crippen LogP contribution in [0.2, 0.25) is 5.02 Å². The molecule has 0 spiro atoms. The molecule has 1 aromatic rings. The second-order valence-electron chi connectivity index (χ2n) is 4.27. The molecule has 0 radical (unpaired) electrons. The highest BCUT2D eigenvalue weighted by Crippen LogP contribution is 2.27. The third kappa shape index (κ3) is 4.11. The quantitative estimate of drug-likeness (QED) is 0.631. The average molecular weight is 300 g/mol. The minimum Gasteiger partial charge on any atom is -0.464 e. The molecule has 20 heavy (non-hydrogen) atoms. The van der Waals surface area contributed by atoms with Crippen molar-refractivity contribution >= 4 is 34.9 Å². The molecule has 0 fully saturated rings. The van der Waals surface area contributed by atoms with Crippen molar-refractivity contribution in [2.75, 3.05) is 30.9 Å². The molecule has 0 aromatic heterocycles. The minimum atomic E-state index is -1.37. The fourth-order valence-corrected chi connectivity index (χ4v) is 1.72. The summed E-state index contributed by atoms with van der Waals surface area (Å²) in [6.07, 6.45) is 0. The molecular formula is C13H18ClN3O3. The summed E-state index contributed by atoms with van der Waals surface area (Å²) < 4.78 is 4.70. The van der Waals surface area contributed by atoms with Gasteiger partial charge >= 0.3 is 5.97 Å². The average Bonchev–Trinajstić information content (AvgIpc) is 2.37. The first kappa shape index (κ1) is 16.3. The third-order valence-corrected chi connectivity index (χ3v) is 2.76. The number of rotatable bonds is 5. The molecule has 0 aliphatic heterocycles. The van der Waals surface area contributed by atoms with E-state index >= 15 is 0 Å². The Kier molecular flexibility index (Phi) is 5.79. The van der Waals surface area contributed by atoms with E-state index in [1.165, 1.54) is 0 Å². The summed E-state index contributed by atoms with van der Waals surface area (Å²) in [5.74, 6) is -1.41. The lowest BCUT2D eigenvalue weighted by Crippen LogP contribution is -2.43. The van der Waals surface area contributed by atoms with E-state index in [4.69, 9.17) is 22.1 Å². The number of hydrogen-bond acceptors (Lipinski definition) is 5. The molecule has 1 amide bonds. The fourth-order valence-electron chi connectivity index (χ4n) is 1.55. The van der Waals surface area contributed by atoms with Crippen molar-refractivity contribution in [3.05, 3.63) is 23.2 Å². The van der Waals surface area contributed by atoms with Crippen molar-refractivity contribution in [1.82, 2.24) is 0 Å². The van der Waals surface area contributed by atoms with E-state index in [0.29, 0.717) is 10.7 Å². The van der Waals surface area contributed by atoms with Crippen LogP contribution in [-0.4, -0.2) is 38.6 Å². The Morgan fingerprint density at radius 3 is 2.65 bits per heavy atom. The molecule has 110 valence electrons. The molecule has 1 rings (SSSR count). The van der Waals surface area contributed by atoms with Gasteiger partial charge in [-0.3, -0.25) is 4.79 Å². The number of hydrogen-bond donors (Lipinski definition) is 2. The van der Waals surface area contributed by atoms with Crippen LogP contribution in [-0.2, 0) is 14.3 Å². The lowest BCUT2D eigenvalue weighted by molar-refractivity contribution is -0.146. The van der Waals surface area contributed by atoms with Crippen molar-refractivity contribution in [1.29, 1.82) is 0 Å². The number of nitrogens with zero attached hydrogens (tertiary/aromatic N) is 1. The minimum absolute atomic E-state index is 0.167. The Hall–Kier alpha value is -1.79. The van der Waals surface area contributed by atoms with Gasteiger partial charge in [-0.25, -0.2) is 4.79 Å². The zero-order valence-electron chi connectivity index (χ0n) is 11.6. The maximum absolute atomic E-state index is 11.9. The van der Waals surface area contributed by atoms with Crippen molar-refractivity contribution in [3.8, 4) is 0 Å². The normalized spacial score (nSPS) is 11.7. The van der Waals surface area contributed by atoms with Crippen molar-refractivity contribution in [2.45, 2.75) is 13.0 Å². The topological polar surface area (TPSA) is 84.7 Å². The Morgan fingerprint density at radius 2 is 2.10 bits per heavy atom. The maximum atomic E-state index is 11.9. The first-order valence-corrected chi connectivity index (χ1v) is 6.44. The number of esters is 1. The van der Waals surface area contributed by atoms with Gasteiger partial charge in [0.05, 0.1) is 18.0 Å². The van der Waals surface area contributed by atoms with Crippen molar-refractivity contribution in [3.63, 3.8) is 0 Å². The monoisotopic (exact) mass is 299 g/mol. The maximum Gasteiger partial charge on any atom is 0.332 e. The van der Waals surface area contributed by atoms with Crippen LogP contribution >= 0.6 is 11.6 Å². The van der Waals surface area contributed by atoms with Crippen LogP contribution < -0.4 is 16.0 Å². The van der Waals surface area contributed by atoms with Gasteiger partial charge in [0.25, 0.3) is 5.91 Å². The van der Waals surface area contributed by atoms with Gasteiger partial charge in [-0.15, -0.1) is 0 Å². The number of halogens is 1. The second-order valence-corrected chi connectivity index (χ2v) is 4.71. The number of nitrogens with one attached hydrogen (secondary N) is 1. The van der Waals surface area contributed by atoms with Crippen LogP contribution in [0, 0.1) is 0 Å². The molecule has 1 unspecified atom stereocenters. The summed E-state index contributed by atoms with van der Waals surface area (Å²) in [5, 5.41) is 3.05. The molecular weight excluding hydrogens is 282 g/mol. The summed E-state index contributed by atoms with van der Waals surface area (Å²) in [5.41, 5.74) is 6.75. The Labute approximate surface area is 122 Å². The van der Waals surface area contributed by atoms with Crippen LogP contribution in [0.3, 0.4) is 0 Å². The highest BCUT2D eigenvalue weighted by Gasteiger charge is 2.24. The van der Waals surface area contributed by atoms with Crippen molar-refractivity contribution < 1.29 is 14.3 Å². The van der Waals surface area contributed by atoms with E-state index in [-0.39, 0.29) is 6.61 Å². The third-order valence-electron chi connectivity index (χ3n) is 2.52. The predicted molar refractivity (Wildman–Crippen MR) is 79.0 cm³/mol. The smallest absolute Gasteiger partial charge is 0.332 e. The van der Waals surface area contributed by atoms with Gasteiger partial charge in [0, 0.05) is 19.1 Å². The molecule has 0 saturated heterocycles. The van der Waals surface area contributed by atoms with E-state index in [1.807, 2.05) is 19.0 Å². The number of anilines is 2. The summed E-state index contributed by atoms with van der Waals surface area (Å²) in [6.45, 7) is 1.81. The van der Waals surface area contributed by atoms with Gasteiger partial charge in [-0.05, 0) is 25.1 Å². The first-order valence-electron chi connectivity index (χ1n) is 6.06. The molecule has 1 aromatic carbocycles. The van der Waals surface area contributed by atoms with Crippen LogP contribution in [0.25, 0.3) is 0 Å². The number of amides is 1. The van der Waals surface area contributed by atoms with Gasteiger partial charge in [0.15, 0.2) is 6.04 Å². The predicted octanol–water partition coefficient (Wildman–Crippen LogP) is 1.23. The van der Waals surface area contributed by atoms with Crippen LogP contribution in [0.15, 0.2) is 18.2 Å². The zero-order valence-corrected chi connectivity index (χ0v) is 12.4. The van der Waals surface area contributed by atoms with E-state index in [0.717, 1.165) is 5.69 Å². The number of benzene rings is 1. The van der Waals surface area contributed by atoms with Crippen LogP contribution in [0.4, 0.5) is 11.4 Å². The lowest BCUT2D eigenvalue weighted by atomic mass is 10.2. The lowest BCUT2D eigenvalue weighted by Gasteiger charge is -2.19. The summed E-state index contributed by atoms with van der Waals surface area (Å²) in [4.78, 5) is 25.1. The number of carbonyl (C=O) groups is 2. The summed E-state index contributed by atoms with van der Waals surface area (Å²) in [7, 11) is 3.65.